The third kappa shape index (κ3) is 6.73. The minimum atomic E-state index is -3.42. The van der Waals surface area contributed by atoms with Crippen LogP contribution in [0, 0.1) is 0 Å². The van der Waals surface area contributed by atoms with E-state index in [1.807, 2.05) is 4.90 Å². The zero-order chi connectivity index (χ0) is 16.1. The second-order valence-electron chi connectivity index (χ2n) is 5.86. The summed E-state index contributed by atoms with van der Waals surface area (Å²) < 4.78 is 30.4. The Morgan fingerprint density at radius 1 is 1.24 bits per heavy atom. The molecular weight excluding hydrogens is 296 g/mol. The van der Waals surface area contributed by atoms with Gasteiger partial charge in [0.05, 0.1) is 24.4 Å². The minimum Gasteiger partial charge on any atom is -0.466 e. The van der Waals surface area contributed by atoms with Gasteiger partial charge in [-0.1, -0.05) is 0 Å². The van der Waals surface area contributed by atoms with Crippen LogP contribution in [0.15, 0.2) is 0 Å². The summed E-state index contributed by atoms with van der Waals surface area (Å²) in [5.74, 6) is -0.695. The van der Waals surface area contributed by atoms with Crippen molar-refractivity contribution in [3.8, 4) is 0 Å². The Bertz CT molecular complexity index is 436. The first-order chi connectivity index (χ1) is 9.64. The van der Waals surface area contributed by atoms with Crippen molar-refractivity contribution in [1.29, 1.82) is 0 Å². The molecule has 0 saturated carbocycles. The van der Waals surface area contributed by atoms with Crippen molar-refractivity contribution in [2.75, 3.05) is 45.1 Å². The molecule has 1 aliphatic heterocycles. The SMILES string of the molecule is CCOC(=O)CCS(=O)(=O)N1CCN(CC(C)(C)O)CC1. The second kappa shape index (κ2) is 7.53. The maximum atomic E-state index is 12.1. The highest BCUT2D eigenvalue weighted by Gasteiger charge is 2.29. The van der Waals surface area contributed by atoms with Gasteiger partial charge in [0, 0.05) is 32.7 Å². The van der Waals surface area contributed by atoms with Gasteiger partial charge in [0.1, 0.15) is 0 Å². The molecule has 0 aliphatic carbocycles. The molecule has 0 atom stereocenters. The van der Waals surface area contributed by atoms with Crippen LogP contribution in [-0.2, 0) is 19.6 Å². The smallest absolute Gasteiger partial charge is 0.306 e. The minimum absolute atomic E-state index is 0.111. The zero-order valence-electron chi connectivity index (χ0n) is 13.0. The molecule has 0 unspecified atom stereocenters. The molecule has 1 aliphatic rings. The van der Waals surface area contributed by atoms with Crippen molar-refractivity contribution in [3.05, 3.63) is 0 Å². The van der Waals surface area contributed by atoms with Crippen LogP contribution < -0.4 is 0 Å². The first-order valence-electron chi connectivity index (χ1n) is 7.22. The van der Waals surface area contributed by atoms with E-state index in [9.17, 15) is 18.3 Å². The summed E-state index contributed by atoms with van der Waals surface area (Å²) in [6.45, 7) is 7.88. The van der Waals surface area contributed by atoms with E-state index in [0.717, 1.165) is 0 Å². The molecule has 7 nitrogen and oxygen atoms in total. The number of hydrogen-bond acceptors (Lipinski definition) is 6. The number of hydrogen-bond donors (Lipinski definition) is 1. The maximum absolute atomic E-state index is 12.1. The number of nitrogens with zero attached hydrogens (tertiary/aromatic N) is 2. The summed E-state index contributed by atoms with van der Waals surface area (Å²) in [4.78, 5) is 13.3. The highest BCUT2D eigenvalue weighted by Crippen LogP contribution is 2.12. The quantitative estimate of drug-likeness (QED) is 0.645. The topological polar surface area (TPSA) is 87.2 Å². The Hall–Kier alpha value is -0.700. The molecule has 1 N–H and O–H groups in total. The van der Waals surface area contributed by atoms with Gasteiger partial charge in [0.15, 0.2) is 0 Å². The van der Waals surface area contributed by atoms with Gasteiger partial charge in [-0.15, -0.1) is 0 Å². The summed E-state index contributed by atoms with van der Waals surface area (Å²) in [6, 6.07) is 0. The summed E-state index contributed by atoms with van der Waals surface area (Å²) in [5, 5.41) is 9.77. The van der Waals surface area contributed by atoms with Gasteiger partial charge in [0.2, 0.25) is 10.0 Å². The number of rotatable bonds is 7. The Kier molecular flexibility index (Phi) is 6.58. The number of carbonyl (C=O) groups is 1. The predicted octanol–water partition coefficient (Wildman–Crippen LogP) is -0.342. The van der Waals surface area contributed by atoms with Crippen molar-refractivity contribution in [1.82, 2.24) is 9.21 Å². The molecule has 0 spiro atoms. The fourth-order valence-electron chi connectivity index (χ4n) is 2.29. The number of carbonyl (C=O) groups excluding carboxylic acids is 1. The van der Waals surface area contributed by atoms with Gasteiger partial charge >= 0.3 is 5.97 Å². The Morgan fingerprint density at radius 3 is 2.29 bits per heavy atom. The summed E-state index contributed by atoms with van der Waals surface area (Å²) >= 11 is 0. The molecular formula is C13H26N2O5S. The van der Waals surface area contributed by atoms with Crippen LogP contribution in [-0.4, -0.2) is 79.4 Å². The van der Waals surface area contributed by atoms with Crippen molar-refractivity contribution in [3.63, 3.8) is 0 Å². The molecule has 0 aromatic heterocycles. The third-order valence-corrected chi connectivity index (χ3v) is 5.08. The van der Waals surface area contributed by atoms with Crippen LogP contribution in [0.2, 0.25) is 0 Å². The van der Waals surface area contributed by atoms with Crippen molar-refractivity contribution in [2.24, 2.45) is 0 Å². The monoisotopic (exact) mass is 322 g/mol. The second-order valence-corrected chi connectivity index (χ2v) is 7.95. The molecule has 0 aromatic carbocycles. The van der Waals surface area contributed by atoms with E-state index in [1.165, 1.54) is 4.31 Å². The van der Waals surface area contributed by atoms with Crippen LogP contribution in [0.3, 0.4) is 0 Å². The number of ether oxygens (including phenoxy) is 1. The molecule has 21 heavy (non-hydrogen) atoms. The van der Waals surface area contributed by atoms with E-state index in [-0.39, 0.29) is 18.8 Å². The van der Waals surface area contributed by atoms with Gasteiger partial charge in [-0.2, -0.15) is 4.31 Å². The molecule has 0 aromatic rings. The van der Waals surface area contributed by atoms with Crippen LogP contribution in [0.4, 0.5) is 0 Å². The Labute approximate surface area is 126 Å². The van der Waals surface area contributed by atoms with Crippen LogP contribution in [0.1, 0.15) is 27.2 Å². The molecule has 0 radical (unpaired) electrons. The van der Waals surface area contributed by atoms with Crippen molar-refractivity contribution in [2.45, 2.75) is 32.8 Å². The van der Waals surface area contributed by atoms with E-state index >= 15 is 0 Å². The molecule has 124 valence electrons. The van der Waals surface area contributed by atoms with Crippen molar-refractivity contribution >= 4 is 16.0 Å². The van der Waals surface area contributed by atoms with E-state index in [2.05, 4.69) is 0 Å². The molecule has 0 bridgehead atoms. The fourth-order valence-corrected chi connectivity index (χ4v) is 3.69. The average Bonchev–Trinajstić information content (AvgIpc) is 2.36. The lowest BCUT2D eigenvalue weighted by Gasteiger charge is -2.36. The lowest BCUT2D eigenvalue weighted by molar-refractivity contribution is -0.142. The third-order valence-electron chi connectivity index (χ3n) is 3.20. The fraction of sp³-hybridized carbons (Fsp3) is 0.923. The van der Waals surface area contributed by atoms with Gasteiger partial charge in [-0.3, -0.25) is 9.69 Å². The zero-order valence-corrected chi connectivity index (χ0v) is 13.9. The molecule has 1 fully saturated rings. The maximum Gasteiger partial charge on any atom is 0.306 e. The van der Waals surface area contributed by atoms with Gasteiger partial charge in [0.25, 0.3) is 0 Å². The largest absolute Gasteiger partial charge is 0.466 e. The number of esters is 1. The number of β-amino-alcohol motifs (C(OH)–C–C–N with tert-alkyl or cyclic N) is 1. The molecule has 0 amide bonds. The Balaban J connectivity index is 2.43. The highest BCUT2D eigenvalue weighted by atomic mass is 32.2. The van der Waals surface area contributed by atoms with Gasteiger partial charge in [-0.25, -0.2) is 8.42 Å². The molecule has 8 heteroatoms. The number of piperazine rings is 1. The first-order valence-corrected chi connectivity index (χ1v) is 8.83. The van der Waals surface area contributed by atoms with E-state index in [0.29, 0.717) is 32.7 Å². The summed E-state index contributed by atoms with van der Waals surface area (Å²) in [7, 11) is -3.42. The lowest BCUT2D eigenvalue weighted by Crippen LogP contribution is -2.52. The standard InChI is InChI=1S/C13H26N2O5S/c1-4-20-12(16)5-10-21(18,19)15-8-6-14(7-9-15)11-13(2,3)17/h17H,4-11H2,1-3H3. The van der Waals surface area contributed by atoms with Gasteiger partial charge < -0.3 is 9.84 Å². The number of sulfonamides is 1. The highest BCUT2D eigenvalue weighted by molar-refractivity contribution is 7.89. The van der Waals surface area contributed by atoms with E-state index in [1.54, 1.807) is 20.8 Å². The van der Waals surface area contributed by atoms with Crippen LogP contribution >= 0.6 is 0 Å². The van der Waals surface area contributed by atoms with Crippen LogP contribution in [0.25, 0.3) is 0 Å². The van der Waals surface area contributed by atoms with Crippen LogP contribution in [0.5, 0.6) is 0 Å². The Morgan fingerprint density at radius 2 is 1.81 bits per heavy atom. The molecule has 1 heterocycles. The number of aliphatic hydroxyl groups is 1. The van der Waals surface area contributed by atoms with E-state index < -0.39 is 21.6 Å². The van der Waals surface area contributed by atoms with Gasteiger partial charge in [-0.05, 0) is 20.8 Å². The molecule has 1 rings (SSSR count). The lowest BCUT2D eigenvalue weighted by atomic mass is 10.1. The van der Waals surface area contributed by atoms with E-state index in [4.69, 9.17) is 4.74 Å². The average molecular weight is 322 g/mol. The predicted molar refractivity (Wildman–Crippen MR) is 79.3 cm³/mol. The normalized spacial score (nSPS) is 18.7. The summed E-state index contributed by atoms with van der Waals surface area (Å²) in [5.41, 5.74) is -0.787. The first kappa shape index (κ1) is 18.3. The summed E-state index contributed by atoms with van der Waals surface area (Å²) in [6.07, 6.45) is -0.111. The molecule has 1 saturated heterocycles. The van der Waals surface area contributed by atoms with Crippen molar-refractivity contribution < 1.29 is 23.1 Å².